The smallest absolute Gasteiger partial charge is 0.0826 e. The van der Waals surface area contributed by atoms with Crippen molar-refractivity contribution in [2.75, 3.05) is 6.61 Å². The molecule has 35 valence electrons. The number of carbonyl (C=O) groups excluding carboxylic acids is 1. The molecule has 0 saturated heterocycles. The van der Waals surface area contributed by atoms with Gasteiger partial charge in [0.15, 0.2) is 0 Å². The predicted octanol–water partition coefficient (Wildman–Crippen LogP) is -2.65. The van der Waals surface area contributed by atoms with Crippen molar-refractivity contribution in [3.63, 3.8) is 0 Å². The van der Waals surface area contributed by atoms with E-state index in [9.17, 15) is 0 Å². The van der Waals surface area contributed by atoms with Crippen molar-refractivity contribution in [2.45, 2.75) is 0 Å². The van der Waals surface area contributed by atoms with Crippen LogP contribution in [0.2, 0.25) is 0 Å². The van der Waals surface area contributed by atoms with Crippen LogP contribution in [0.25, 0.3) is 0 Å². The first-order valence-corrected chi connectivity index (χ1v) is 1.08. The van der Waals surface area contributed by atoms with E-state index in [4.69, 9.17) is 15.0 Å². The first-order chi connectivity index (χ1) is 2.27. The fourth-order valence-corrected chi connectivity index (χ4v) is 0. The Balaban J connectivity index is 0. The van der Waals surface area contributed by atoms with Crippen molar-refractivity contribution in [1.82, 2.24) is 0 Å². The van der Waals surface area contributed by atoms with Gasteiger partial charge in [0, 0.05) is 24.4 Å². The summed E-state index contributed by atoms with van der Waals surface area (Å²) in [6.07, 6.45) is 0. The van der Waals surface area contributed by atoms with E-state index in [1.54, 1.807) is 0 Å². The van der Waals surface area contributed by atoms with Crippen LogP contribution in [0.4, 0.5) is 0 Å². The van der Waals surface area contributed by atoms with E-state index >= 15 is 0 Å². The molecule has 3 nitrogen and oxygen atoms in total. The van der Waals surface area contributed by atoms with Crippen LogP contribution in [0, 0.1) is 0 Å². The molecular weight excluding hydrogens is 194 g/mol. The standard InChI is InChI=1S/C2H4O3.Sb/c3-1-2(4)5;/h3H,1H2,(H,4,5);/p-1. The third-order valence-corrected chi connectivity index (χ3v) is 0.129. The van der Waals surface area contributed by atoms with Gasteiger partial charge in [0.05, 0.1) is 12.6 Å². The Hall–Kier alpha value is 0.248. The Morgan fingerprint density at radius 3 is 2.00 bits per heavy atom. The van der Waals surface area contributed by atoms with Gasteiger partial charge >= 0.3 is 0 Å². The summed E-state index contributed by atoms with van der Waals surface area (Å²) < 4.78 is 0. The molecule has 0 aromatic rings. The molecule has 6 heavy (non-hydrogen) atoms. The molecule has 4 heteroatoms. The van der Waals surface area contributed by atoms with Crippen LogP contribution in [-0.2, 0) is 4.79 Å². The van der Waals surface area contributed by atoms with Gasteiger partial charge in [-0.15, -0.1) is 0 Å². The quantitative estimate of drug-likeness (QED) is 0.467. The molecule has 0 aromatic carbocycles. The zero-order valence-corrected chi connectivity index (χ0v) is 5.47. The Bertz CT molecular complexity index is 44.1. The van der Waals surface area contributed by atoms with Gasteiger partial charge in [0.2, 0.25) is 0 Å². The second-order valence-electron chi connectivity index (χ2n) is 0.530. The number of carboxylic acid groups (broad SMARTS) is 1. The van der Waals surface area contributed by atoms with Gasteiger partial charge in [-0.25, -0.2) is 0 Å². The predicted molar refractivity (Wildman–Crippen MR) is 17.8 cm³/mol. The molecular formula is C2H3O3Sb-. The van der Waals surface area contributed by atoms with Crippen molar-refractivity contribution >= 4 is 30.4 Å². The molecule has 0 aliphatic heterocycles. The van der Waals surface area contributed by atoms with Gasteiger partial charge < -0.3 is 15.0 Å². The third kappa shape index (κ3) is 8.87. The molecule has 0 heterocycles. The monoisotopic (exact) mass is 196 g/mol. The van der Waals surface area contributed by atoms with E-state index in [0.717, 1.165) is 0 Å². The average molecular weight is 197 g/mol. The molecule has 1 N–H and O–H groups in total. The number of hydrogen-bond acceptors (Lipinski definition) is 3. The van der Waals surface area contributed by atoms with Crippen LogP contribution in [0.5, 0.6) is 0 Å². The average Bonchev–Trinajstić information content (AvgIpc) is 1.38. The fourth-order valence-electron chi connectivity index (χ4n) is 0. The summed E-state index contributed by atoms with van der Waals surface area (Å²) >= 11 is 0. The van der Waals surface area contributed by atoms with E-state index < -0.39 is 12.6 Å². The van der Waals surface area contributed by atoms with Crippen molar-refractivity contribution in [3.8, 4) is 0 Å². The summed E-state index contributed by atoms with van der Waals surface area (Å²) in [7, 11) is 0. The zero-order valence-electron chi connectivity index (χ0n) is 2.92. The van der Waals surface area contributed by atoms with E-state index in [1.165, 1.54) is 0 Å². The van der Waals surface area contributed by atoms with Crippen LogP contribution in [0.15, 0.2) is 0 Å². The van der Waals surface area contributed by atoms with Crippen molar-refractivity contribution in [3.05, 3.63) is 0 Å². The molecule has 0 amide bonds. The SMILES string of the molecule is O=C([O-])CO.[Sb]. The van der Waals surface area contributed by atoms with Crippen LogP contribution in [0.3, 0.4) is 0 Å². The second kappa shape index (κ2) is 5.25. The van der Waals surface area contributed by atoms with Crippen molar-refractivity contribution in [1.29, 1.82) is 0 Å². The summed E-state index contributed by atoms with van der Waals surface area (Å²) in [5, 5.41) is 16.5. The normalized spacial score (nSPS) is 6.17. The number of aliphatic hydroxyl groups excluding tert-OH is 1. The number of hydrogen-bond donors (Lipinski definition) is 1. The second-order valence-corrected chi connectivity index (χ2v) is 0.530. The molecule has 0 spiro atoms. The minimum atomic E-state index is -1.44. The van der Waals surface area contributed by atoms with E-state index in [2.05, 4.69) is 0 Å². The maximum Gasteiger partial charge on any atom is 0.0826 e. The number of carboxylic acids is 1. The molecule has 0 saturated carbocycles. The zero-order chi connectivity index (χ0) is 4.28. The Labute approximate surface area is 52.4 Å². The maximum absolute atomic E-state index is 9.01. The Morgan fingerprint density at radius 2 is 2.00 bits per heavy atom. The summed E-state index contributed by atoms with van der Waals surface area (Å²) in [5.74, 6) is -1.44. The van der Waals surface area contributed by atoms with Crippen LogP contribution in [-0.4, -0.2) is 42.1 Å². The molecule has 0 aliphatic rings. The van der Waals surface area contributed by atoms with Crippen molar-refractivity contribution in [2.24, 2.45) is 0 Å². The molecule has 0 atom stereocenters. The largest absolute Gasteiger partial charge is 0.548 e. The first kappa shape index (κ1) is 9.54. The third-order valence-electron chi connectivity index (χ3n) is 0.129. The first-order valence-electron chi connectivity index (χ1n) is 1.08. The molecule has 0 aromatic heterocycles. The van der Waals surface area contributed by atoms with Gasteiger partial charge in [-0.1, -0.05) is 0 Å². The maximum atomic E-state index is 9.01. The number of aliphatic hydroxyl groups is 1. The minimum Gasteiger partial charge on any atom is -0.548 e. The summed E-state index contributed by atoms with van der Waals surface area (Å²) in [5.41, 5.74) is 0. The van der Waals surface area contributed by atoms with Crippen LogP contribution in [0.1, 0.15) is 0 Å². The summed E-state index contributed by atoms with van der Waals surface area (Å²) in [6.45, 7) is -0.889. The minimum absolute atomic E-state index is 0. The Morgan fingerprint density at radius 1 is 1.83 bits per heavy atom. The summed E-state index contributed by atoms with van der Waals surface area (Å²) in [4.78, 5) is 9.01. The van der Waals surface area contributed by atoms with Crippen LogP contribution >= 0.6 is 0 Å². The Kier molecular flexibility index (Phi) is 8.34. The fraction of sp³-hybridized carbons (Fsp3) is 0.500. The van der Waals surface area contributed by atoms with E-state index in [1.807, 2.05) is 0 Å². The molecule has 0 aliphatic carbocycles. The van der Waals surface area contributed by atoms with Gasteiger partial charge in [-0.2, -0.15) is 0 Å². The molecule has 0 rings (SSSR count). The van der Waals surface area contributed by atoms with Crippen LogP contribution < -0.4 is 5.11 Å². The topological polar surface area (TPSA) is 60.4 Å². The number of rotatable bonds is 1. The van der Waals surface area contributed by atoms with Gasteiger partial charge in [0.25, 0.3) is 0 Å². The number of aliphatic carboxylic acids is 1. The molecule has 3 radical (unpaired) electrons. The van der Waals surface area contributed by atoms with E-state index in [0.29, 0.717) is 0 Å². The molecule has 0 fully saturated rings. The van der Waals surface area contributed by atoms with Gasteiger partial charge in [-0.05, 0) is 0 Å². The van der Waals surface area contributed by atoms with Gasteiger partial charge in [0.1, 0.15) is 0 Å². The molecule has 0 bridgehead atoms. The van der Waals surface area contributed by atoms with E-state index in [-0.39, 0.29) is 24.4 Å². The van der Waals surface area contributed by atoms with Gasteiger partial charge in [-0.3, -0.25) is 0 Å². The van der Waals surface area contributed by atoms with Crippen molar-refractivity contribution < 1.29 is 15.0 Å². The number of carbonyl (C=O) groups is 1. The molecule has 0 unspecified atom stereocenters. The summed E-state index contributed by atoms with van der Waals surface area (Å²) in [6, 6.07) is 0.